The third-order valence-corrected chi connectivity index (χ3v) is 14.3. The maximum atomic E-state index is 6.32. The van der Waals surface area contributed by atoms with Crippen molar-refractivity contribution in [1.29, 1.82) is 0 Å². The first-order valence-electron chi connectivity index (χ1n) is 23.9. The Balaban J connectivity index is 0.00000156. The molecular formula is C64H44N4OS. The van der Waals surface area contributed by atoms with Gasteiger partial charge in [-0.25, -0.2) is 15.0 Å². The van der Waals surface area contributed by atoms with E-state index in [-0.39, 0.29) is 0 Å². The summed E-state index contributed by atoms with van der Waals surface area (Å²) in [4.78, 5) is 15.5. The number of nitrogens with zero attached hydrogens (tertiary/aromatic N) is 4. The van der Waals surface area contributed by atoms with Gasteiger partial charge in [0, 0.05) is 69.7 Å². The summed E-state index contributed by atoms with van der Waals surface area (Å²) in [6, 6.07) is 77.7. The van der Waals surface area contributed by atoms with Gasteiger partial charge in [-0.3, -0.25) is 0 Å². The fourth-order valence-corrected chi connectivity index (χ4v) is 11.3. The third-order valence-electron chi connectivity index (χ3n) is 13.2. The van der Waals surface area contributed by atoms with E-state index in [9.17, 15) is 0 Å². The van der Waals surface area contributed by atoms with Crippen LogP contribution in [0.1, 0.15) is 20.3 Å². The minimum absolute atomic E-state index is 0.577. The Labute approximate surface area is 408 Å². The highest BCUT2D eigenvalue weighted by Crippen LogP contribution is 2.44. The minimum atomic E-state index is 0.577. The van der Waals surface area contributed by atoms with E-state index < -0.39 is 0 Å². The van der Waals surface area contributed by atoms with Gasteiger partial charge in [0.2, 0.25) is 0 Å². The van der Waals surface area contributed by atoms with Crippen LogP contribution in [0.4, 0.5) is 0 Å². The van der Waals surface area contributed by atoms with Gasteiger partial charge in [-0.2, -0.15) is 0 Å². The molecular weight excluding hydrogens is 873 g/mol. The van der Waals surface area contributed by atoms with E-state index in [2.05, 4.69) is 182 Å². The third kappa shape index (κ3) is 7.03. The van der Waals surface area contributed by atoms with Gasteiger partial charge in [-0.1, -0.05) is 178 Å². The molecule has 70 heavy (non-hydrogen) atoms. The summed E-state index contributed by atoms with van der Waals surface area (Å²) >= 11 is 1.86. The summed E-state index contributed by atoms with van der Waals surface area (Å²) in [6.07, 6.45) is 1.25. The first-order valence-corrected chi connectivity index (χ1v) is 24.7. The second kappa shape index (κ2) is 17.1. The molecule has 0 unspecified atom stereocenters. The van der Waals surface area contributed by atoms with E-state index in [1.165, 1.54) is 59.3 Å². The Morgan fingerprint density at radius 3 is 1.80 bits per heavy atom. The van der Waals surface area contributed by atoms with Crippen LogP contribution >= 0.6 is 11.3 Å². The topological polar surface area (TPSA) is 56.7 Å². The summed E-state index contributed by atoms with van der Waals surface area (Å²) in [5.41, 5.74) is 12.3. The molecule has 0 saturated carbocycles. The first kappa shape index (κ1) is 41.5. The molecule has 6 heteroatoms. The van der Waals surface area contributed by atoms with E-state index in [0.29, 0.717) is 17.5 Å². The second-order valence-corrected chi connectivity index (χ2v) is 18.9. The molecule has 0 aliphatic rings. The number of benzene rings is 10. The highest BCUT2D eigenvalue weighted by Gasteiger charge is 2.21. The molecule has 4 heterocycles. The molecule has 5 nitrogen and oxygen atoms in total. The Morgan fingerprint density at radius 2 is 0.971 bits per heavy atom. The van der Waals surface area contributed by atoms with Crippen molar-refractivity contribution in [2.75, 3.05) is 0 Å². The Kier molecular flexibility index (Phi) is 10.1. The second-order valence-electron chi connectivity index (χ2n) is 17.9. The summed E-state index contributed by atoms with van der Waals surface area (Å²) < 4.78 is 11.4. The molecule has 0 radical (unpaired) electrons. The standard InChI is InChI=1S/C61H36N4OS.C3H8/c1-2-14-37(15-3-1)59-62-60(64-61(63-59)43-30-31-48-47-22-6-8-27-53(47)66-54(48)36-43)42-20-11-21-44(33-42)65-52-35-39-17-5-4-16-38(39)34-51(52)49-26-12-25-46(58(49)65)41-19-10-18-40(32-41)45-24-13-29-56-57(45)50-23-7-9-28-55(50)67-56;1-3-2/h1-36H;3H2,1-2H3. The lowest BCUT2D eigenvalue weighted by molar-refractivity contribution is 0.669. The molecule has 0 N–H and O–H groups in total. The van der Waals surface area contributed by atoms with Gasteiger partial charge in [0.05, 0.1) is 11.0 Å². The number of rotatable bonds is 6. The van der Waals surface area contributed by atoms with Crippen molar-refractivity contribution >= 4 is 86.0 Å². The van der Waals surface area contributed by atoms with Crippen LogP contribution in [0.2, 0.25) is 0 Å². The Bertz CT molecular complexity index is 4310. The molecule has 14 aromatic rings. The van der Waals surface area contributed by atoms with Crippen LogP contribution in [-0.4, -0.2) is 19.5 Å². The minimum Gasteiger partial charge on any atom is -0.456 e. The fraction of sp³-hybridized carbons (Fsp3) is 0.0469. The molecule has 0 aliphatic carbocycles. The quantitative estimate of drug-likeness (QED) is 0.167. The summed E-state index contributed by atoms with van der Waals surface area (Å²) in [5, 5.41) is 9.53. The highest BCUT2D eigenvalue weighted by molar-refractivity contribution is 7.25. The molecule has 14 rings (SSSR count). The van der Waals surface area contributed by atoms with Gasteiger partial charge in [-0.05, 0) is 88.1 Å². The molecule has 0 spiro atoms. The maximum Gasteiger partial charge on any atom is 0.164 e. The van der Waals surface area contributed by atoms with Crippen LogP contribution in [0.15, 0.2) is 223 Å². The number of thiophene rings is 1. The molecule has 0 bridgehead atoms. The summed E-state index contributed by atoms with van der Waals surface area (Å²) in [7, 11) is 0. The lowest BCUT2D eigenvalue weighted by Gasteiger charge is -2.14. The summed E-state index contributed by atoms with van der Waals surface area (Å²) in [5.74, 6) is 1.77. The molecule has 332 valence electrons. The average molecular weight is 917 g/mol. The van der Waals surface area contributed by atoms with Gasteiger partial charge >= 0.3 is 0 Å². The molecule has 4 aromatic heterocycles. The van der Waals surface area contributed by atoms with Crippen molar-refractivity contribution < 1.29 is 4.42 Å². The average Bonchev–Trinajstić information content (AvgIpc) is 4.10. The normalized spacial score (nSPS) is 11.6. The van der Waals surface area contributed by atoms with Crippen molar-refractivity contribution in [3.8, 4) is 62.1 Å². The molecule has 0 amide bonds. The summed E-state index contributed by atoms with van der Waals surface area (Å²) in [6.45, 7) is 4.25. The molecule has 0 atom stereocenters. The zero-order valence-corrected chi connectivity index (χ0v) is 39.4. The highest BCUT2D eigenvalue weighted by atomic mass is 32.1. The van der Waals surface area contributed by atoms with Gasteiger partial charge in [0.25, 0.3) is 0 Å². The van der Waals surface area contributed by atoms with Gasteiger partial charge in [0.1, 0.15) is 11.2 Å². The van der Waals surface area contributed by atoms with Crippen LogP contribution in [-0.2, 0) is 0 Å². The van der Waals surface area contributed by atoms with E-state index >= 15 is 0 Å². The predicted molar refractivity (Wildman–Crippen MR) is 295 cm³/mol. The van der Waals surface area contributed by atoms with Crippen LogP contribution in [0.3, 0.4) is 0 Å². The first-order chi connectivity index (χ1) is 34.6. The van der Waals surface area contributed by atoms with Crippen molar-refractivity contribution in [2.45, 2.75) is 20.3 Å². The van der Waals surface area contributed by atoms with E-state index in [1.807, 2.05) is 65.9 Å². The van der Waals surface area contributed by atoms with E-state index in [1.54, 1.807) is 0 Å². The van der Waals surface area contributed by atoms with Crippen molar-refractivity contribution in [1.82, 2.24) is 19.5 Å². The largest absolute Gasteiger partial charge is 0.456 e. The van der Waals surface area contributed by atoms with E-state index in [0.717, 1.165) is 66.5 Å². The number of fused-ring (bicyclic) bond motifs is 10. The number of aromatic nitrogens is 4. The smallest absolute Gasteiger partial charge is 0.164 e. The number of furan rings is 1. The Hall–Kier alpha value is -8.71. The molecule has 0 fully saturated rings. The van der Waals surface area contributed by atoms with Crippen LogP contribution in [0, 0.1) is 0 Å². The molecule has 10 aromatic carbocycles. The number of hydrogen-bond acceptors (Lipinski definition) is 5. The monoisotopic (exact) mass is 916 g/mol. The Morgan fingerprint density at radius 1 is 0.400 bits per heavy atom. The molecule has 0 aliphatic heterocycles. The van der Waals surface area contributed by atoms with Crippen LogP contribution in [0.25, 0.3) is 137 Å². The zero-order valence-electron chi connectivity index (χ0n) is 38.6. The SMILES string of the molecule is CCC.c1ccc(-c2nc(-c3cccc(-n4c5cc6ccccc6cc5c5cccc(-c6cccc(-c7cccc8sc9ccccc9c78)c6)c54)c3)nc(-c3ccc4c(c3)oc3ccccc34)n2)cc1. The predicted octanol–water partition coefficient (Wildman–Crippen LogP) is 18.1. The van der Waals surface area contributed by atoms with Gasteiger partial charge in [-0.15, -0.1) is 11.3 Å². The van der Waals surface area contributed by atoms with Crippen LogP contribution in [0.5, 0.6) is 0 Å². The van der Waals surface area contributed by atoms with Crippen molar-refractivity contribution in [3.63, 3.8) is 0 Å². The molecule has 0 saturated heterocycles. The van der Waals surface area contributed by atoms with Gasteiger partial charge < -0.3 is 8.98 Å². The lowest BCUT2D eigenvalue weighted by atomic mass is 9.95. The number of hydrogen-bond donors (Lipinski definition) is 0. The van der Waals surface area contributed by atoms with Crippen molar-refractivity contribution in [2.24, 2.45) is 0 Å². The fourth-order valence-electron chi connectivity index (χ4n) is 10.1. The van der Waals surface area contributed by atoms with E-state index in [4.69, 9.17) is 19.4 Å². The maximum absolute atomic E-state index is 6.32. The zero-order chi connectivity index (χ0) is 46.7. The van der Waals surface area contributed by atoms with Gasteiger partial charge in [0.15, 0.2) is 17.5 Å². The van der Waals surface area contributed by atoms with Crippen LogP contribution < -0.4 is 0 Å². The number of para-hydroxylation sites is 2. The lowest BCUT2D eigenvalue weighted by Crippen LogP contribution is -2.01. The van der Waals surface area contributed by atoms with Crippen molar-refractivity contribution in [3.05, 3.63) is 218 Å².